The van der Waals surface area contributed by atoms with Crippen LogP contribution in [0.1, 0.15) is 10.4 Å². The van der Waals surface area contributed by atoms with Crippen LogP contribution >= 0.6 is 0 Å². The van der Waals surface area contributed by atoms with Crippen molar-refractivity contribution in [3.8, 4) is 11.5 Å². The van der Waals surface area contributed by atoms with Crippen molar-refractivity contribution < 1.29 is 32.2 Å². The zero-order chi connectivity index (χ0) is 21.7. The van der Waals surface area contributed by atoms with E-state index in [2.05, 4.69) is 9.72 Å². The number of amides is 1. The fraction of sp³-hybridized carbons (Fsp3) is 0.150. The van der Waals surface area contributed by atoms with Crippen LogP contribution < -0.4 is 14.2 Å². The molecule has 0 aliphatic rings. The highest BCUT2D eigenvalue weighted by Crippen LogP contribution is 2.28. The van der Waals surface area contributed by atoms with Gasteiger partial charge in [-0.3, -0.25) is 9.78 Å². The van der Waals surface area contributed by atoms with Gasteiger partial charge in [0.2, 0.25) is 0 Å². The number of carbonyl (C=O) groups excluding carboxylic acids is 2. The highest BCUT2D eigenvalue weighted by molar-refractivity contribution is 7.90. The molecule has 1 aromatic heterocycles. The lowest BCUT2D eigenvalue weighted by Crippen LogP contribution is -2.30. The Balaban J connectivity index is 1.88. The zero-order valence-corrected chi connectivity index (χ0v) is 16.9. The first-order valence-electron chi connectivity index (χ1n) is 8.63. The third kappa shape index (κ3) is 4.49. The summed E-state index contributed by atoms with van der Waals surface area (Å²) in [4.78, 5) is 27.8. The van der Waals surface area contributed by atoms with Crippen LogP contribution in [0.4, 0.5) is 0 Å². The average Bonchev–Trinajstić information content (AvgIpc) is 2.76. The highest BCUT2D eigenvalue weighted by atomic mass is 32.2. The lowest BCUT2D eigenvalue weighted by atomic mass is 10.2. The van der Waals surface area contributed by atoms with Crippen molar-refractivity contribution in [1.29, 1.82) is 0 Å². The van der Waals surface area contributed by atoms with E-state index in [0.29, 0.717) is 10.8 Å². The van der Waals surface area contributed by atoms with E-state index < -0.39 is 28.5 Å². The van der Waals surface area contributed by atoms with Crippen LogP contribution in [0.25, 0.3) is 10.8 Å². The Hall–Kier alpha value is -3.66. The summed E-state index contributed by atoms with van der Waals surface area (Å²) in [5.74, 6) is -1.14. The molecule has 1 heterocycles. The van der Waals surface area contributed by atoms with Crippen LogP contribution in [0.3, 0.4) is 0 Å². The minimum absolute atomic E-state index is 0.00106. The van der Waals surface area contributed by atoms with E-state index >= 15 is 0 Å². The van der Waals surface area contributed by atoms with Gasteiger partial charge in [-0.25, -0.2) is 17.9 Å². The molecule has 2 aromatic carbocycles. The number of rotatable bonds is 7. The van der Waals surface area contributed by atoms with Crippen LogP contribution in [0, 0.1) is 0 Å². The van der Waals surface area contributed by atoms with E-state index in [-0.39, 0.29) is 22.0 Å². The zero-order valence-electron chi connectivity index (χ0n) is 16.1. The largest absolute Gasteiger partial charge is 0.493 e. The Labute approximate surface area is 172 Å². The Morgan fingerprint density at radius 1 is 1.07 bits per heavy atom. The van der Waals surface area contributed by atoms with Gasteiger partial charge in [-0.05, 0) is 30.3 Å². The van der Waals surface area contributed by atoms with Gasteiger partial charge in [-0.15, -0.1) is 0 Å². The van der Waals surface area contributed by atoms with E-state index in [1.165, 1.54) is 50.9 Å². The summed E-state index contributed by atoms with van der Waals surface area (Å²) >= 11 is 0. The number of nitrogens with zero attached hydrogens (tertiary/aromatic N) is 1. The molecule has 0 unspecified atom stereocenters. The Morgan fingerprint density at radius 3 is 2.60 bits per heavy atom. The number of hydrogen-bond acceptors (Lipinski definition) is 8. The Morgan fingerprint density at radius 2 is 1.87 bits per heavy atom. The molecule has 0 bridgehead atoms. The van der Waals surface area contributed by atoms with Crippen molar-refractivity contribution in [2.24, 2.45) is 0 Å². The molecule has 0 atom stereocenters. The van der Waals surface area contributed by atoms with Crippen LogP contribution in [0.2, 0.25) is 0 Å². The predicted molar refractivity (Wildman–Crippen MR) is 107 cm³/mol. The van der Waals surface area contributed by atoms with E-state index in [1.807, 2.05) is 4.72 Å². The molecule has 156 valence electrons. The number of carbonyl (C=O) groups is 2. The predicted octanol–water partition coefficient (Wildman–Crippen LogP) is 1.91. The first kappa shape index (κ1) is 21.1. The van der Waals surface area contributed by atoms with Gasteiger partial charge in [0.05, 0.1) is 19.1 Å². The monoisotopic (exact) mass is 430 g/mol. The van der Waals surface area contributed by atoms with E-state index in [1.54, 1.807) is 18.2 Å². The number of sulfonamides is 1. The Kier molecular flexibility index (Phi) is 6.17. The number of aromatic nitrogens is 1. The van der Waals surface area contributed by atoms with Crippen molar-refractivity contribution in [3.63, 3.8) is 0 Å². The molecule has 30 heavy (non-hydrogen) atoms. The topological polar surface area (TPSA) is 121 Å². The molecular formula is C20H18N2O7S. The fourth-order valence-corrected chi connectivity index (χ4v) is 3.89. The molecule has 0 fully saturated rings. The second-order valence-corrected chi connectivity index (χ2v) is 7.67. The number of hydrogen-bond donors (Lipinski definition) is 1. The summed E-state index contributed by atoms with van der Waals surface area (Å²) in [6.45, 7) is -0.403. The molecule has 0 spiro atoms. The van der Waals surface area contributed by atoms with E-state index in [4.69, 9.17) is 9.47 Å². The van der Waals surface area contributed by atoms with Gasteiger partial charge in [0.1, 0.15) is 0 Å². The van der Waals surface area contributed by atoms with Crippen LogP contribution in [-0.4, -0.2) is 46.1 Å². The SMILES string of the molecule is COC(=O)COc1cc(C(=O)NS(=O)(=O)c2cccc3cnccc23)ccc1OC. The van der Waals surface area contributed by atoms with Gasteiger partial charge >= 0.3 is 5.97 Å². The molecule has 1 amide bonds. The van der Waals surface area contributed by atoms with Crippen molar-refractivity contribution >= 4 is 32.7 Å². The molecule has 0 saturated carbocycles. The molecule has 0 radical (unpaired) electrons. The summed E-state index contributed by atoms with van der Waals surface area (Å²) in [6.07, 6.45) is 3.00. The summed E-state index contributed by atoms with van der Waals surface area (Å²) in [5, 5.41) is 1.06. The molecule has 1 N–H and O–H groups in total. The van der Waals surface area contributed by atoms with Crippen LogP contribution in [0.15, 0.2) is 59.8 Å². The molecule has 10 heteroatoms. The molecule has 0 saturated heterocycles. The van der Waals surface area contributed by atoms with Gasteiger partial charge < -0.3 is 14.2 Å². The highest BCUT2D eigenvalue weighted by Gasteiger charge is 2.22. The van der Waals surface area contributed by atoms with Crippen molar-refractivity contribution in [2.75, 3.05) is 20.8 Å². The summed E-state index contributed by atoms with van der Waals surface area (Å²) < 4.78 is 42.6. The van der Waals surface area contributed by atoms with Gasteiger partial charge in [-0.1, -0.05) is 12.1 Å². The van der Waals surface area contributed by atoms with Gasteiger partial charge in [0, 0.05) is 28.7 Å². The average molecular weight is 430 g/mol. The smallest absolute Gasteiger partial charge is 0.343 e. The lowest BCUT2D eigenvalue weighted by molar-refractivity contribution is -0.142. The molecule has 3 aromatic rings. The molecule has 3 rings (SSSR count). The maximum atomic E-state index is 12.8. The fourth-order valence-electron chi connectivity index (χ4n) is 2.69. The minimum atomic E-state index is -4.17. The second kappa shape index (κ2) is 8.78. The third-order valence-corrected chi connectivity index (χ3v) is 5.55. The third-order valence-electron chi connectivity index (χ3n) is 4.16. The number of esters is 1. The molecular weight excluding hydrogens is 412 g/mol. The molecule has 0 aliphatic carbocycles. The Bertz CT molecular complexity index is 1200. The van der Waals surface area contributed by atoms with Crippen molar-refractivity contribution in [2.45, 2.75) is 4.90 Å². The summed E-state index contributed by atoms with van der Waals surface area (Å²) in [5.41, 5.74) is 0.00106. The maximum absolute atomic E-state index is 12.8. The maximum Gasteiger partial charge on any atom is 0.343 e. The second-order valence-electron chi connectivity index (χ2n) is 6.02. The quantitative estimate of drug-likeness (QED) is 0.565. The van der Waals surface area contributed by atoms with E-state index in [9.17, 15) is 18.0 Å². The number of pyridine rings is 1. The van der Waals surface area contributed by atoms with Gasteiger partial charge in [0.25, 0.3) is 15.9 Å². The van der Waals surface area contributed by atoms with Gasteiger partial charge in [0.15, 0.2) is 18.1 Å². The number of benzene rings is 2. The lowest BCUT2D eigenvalue weighted by Gasteiger charge is -2.12. The number of nitrogens with one attached hydrogen (secondary N) is 1. The number of ether oxygens (including phenoxy) is 3. The first-order chi connectivity index (χ1) is 14.4. The molecule has 0 aliphatic heterocycles. The van der Waals surface area contributed by atoms with Crippen LogP contribution in [0.5, 0.6) is 11.5 Å². The van der Waals surface area contributed by atoms with Crippen molar-refractivity contribution in [1.82, 2.24) is 9.71 Å². The summed E-state index contributed by atoms with van der Waals surface area (Å²) in [6, 6.07) is 10.3. The van der Waals surface area contributed by atoms with E-state index in [0.717, 1.165) is 0 Å². The standard InChI is InChI=1S/C20H18N2O7S/c1-27-16-7-6-13(10-17(16)29-12-19(23)28-2)20(24)22-30(25,26)18-5-3-4-14-11-21-9-8-15(14)18/h3-11H,12H2,1-2H3,(H,22,24). The molecule has 9 nitrogen and oxygen atoms in total. The van der Waals surface area contributed by atoms with Gasteiger partial charge in [-0.2, -0.15) is 0 Å². The number of methoxy groups -OCH3 is 2. The summed E-state index contributed by atoms with van der Waals surface area (Å²) in [7, 11) is -1.57. The number of fused-ring (bicyclic) bond motifs is 1. The minimum Gasteiger partial charge on any atom is -0.493 e. The van der Waals surface area contributed by atoms with Crippen LogP contribution in [-0.2, 0) is 19.6 Å². The first-order valence-corrected chi connectivity index (χ1v) is 10.1. The van der Waals surface area contributed by atoms with Crippen molar-refractivity contribution in [3.05, 3.63) is 60.4 Å². The normalized spacial score (nSPS) is 11.0.